The summed E-state index contributed by atoms with van der Waals surface area (Å²) in [6.45, 7) is 5.74. The van der Waals surface area contributed by atoms with Crippen molar-refractivity contribution in [1.29, 1.82) is 0 Å². The third kappa shape index (κ3) is 5.33. The predicted molar refractivity (Wildman–Crippen MR) is 126 cm³/mol. The van der Waals surface area contributed by atoms with Gasteiger partial charge < -0.3 is 19.9 Å². The number of amides is 1. The van der Waals surface area contributed by atoms with Gasteiger partial charge in [-0.1, -0.05) is 38.1 Å². The lowest BCUT2D eigenvalue weighted by molar-refractivity contribution is 0.0833. The van der Waals surface area contributed by atoms with E-state index in [-0.39, 0.29) is 23.3 Å². The van der Waals surface area contributed by atoms with Crippen LogP contribution in [-0.2, 0) is 5.41 Å². The number of carbonyl (C=O) groups excluding carboxylic acids is 1. The molecule has 0 saturated heterocycles. The number of carbonyl (C=O) groups is 2. The lowest BCUT2D eigenvalue weighted by atomic mass is 9.78. The maximum Gasteiger partial charge on any atom is 0.404 e. The summed E-state index contributed by atoms with van der Waals surface area (Å²) in [6, 6.07) is 19.0. The second-order valence-corrected chi connectivity index (χ2v) is 8.95. The smallest absolute Gasteiger partial charge is 0.404 e. The van der Waals surface area contributed by atoms with Gasteiger partial charge in [-0.3, -0.25) is 4.79 Å². The van der Waals surface area contributed by atoms with Crippen LogP contribution < -0.4 is 14.8 Å². The van der Waals surface area contributed by atoms with E-state index < -0.39 is 6.09 Å². The minimum absolute atomic E-state index is 0.0281. The van der Waals surface area contributed by atoms with E-state index in [0.717, 1.165) is 16.9 Å². The Morgan fingerprint density at radius 3 is 2.00 bits per heavy atom. The molecule has 1 heterocycles. The van der Waals surface area contributed by atoms with Crippen LogP contribution in [0.4, 0.5) is 4.79 Å². The molecule has 1 aliphatic rings. The van der Waals surface area contributed by atoms with Gasteiger partial charge in [0.1, 0.15) is 23.3 Å². The normalized spacial score (nSPS) is 17.4. The largest absolute Gasteiger partial charge is 0.490 e. The fourth-order valence-corrected chi connectivity index (χ4v) is 3.89. The summed E-state index contributed by atoms with van der Waals surface area (Å²) in [5.74, 6) is 1.59. The second kappa shape index (κ2) is 9.51. The highest BCUT2D eigenvalue weighted by atomic mass is 16.5. The Bertz CT molecular complexity index is 1150. The minimum atomic E-state index is -0.994. The lowest BCUT2D eigenvalue weighted by Gasteiger charge is -2.35. The van der Waals surface area contributed by atoms with Gasteiger partial charge in [0.2, 0.25) is 5.88 Å². The molecule has 0 aliphatic heterocycles. The van der Waals surface area contributed by atoms with Crippen LogP contribution in [0.25, 0.3) is 0 Å². The Hall–Kier alpha value is -3.94. The molecular formula is C26H27N3O5. The van der Waals surface area contributed by atoms with Crippen LogP contribution in [0.15, 0.2) is 60.7 Å². The number of hydrogen-bond acceptors (Lipinski definition) is 6. The van der Waals surface area contributed by atoms with Gasteiger partial charge >= 0.3 is 6.09 Å². The number of ketones is 1. The summed E-state index contributed by atoms with van der Waals surface area (Å²) < 4.78 is 11.7. The van der Waals surface area contributed by atoms with Gasteiger partial charge in [-0.05, 0) is 41.5 Å². The van der Waals surface area contributed by atoms with Crippen molar-refractivity contribution in [3.8, 4) is 17.4 Å². The molecule has 4 rings (SSSR count). The monoisotopic (exact) mass is 461 g/mol. The molecular weight excluding hydrogens is 434 g/mol. The van der Waals surface area contributed by atoms with E-state index in [9.17, 15) is 9.59 Å². The van der Waals surface area contributed by atoms with Crippen molar-refractivity contribution < 1.29 is 24.2 Å². The molecule has 8 heteroatoms. The molecule has 2 aromatic carbocycles. The Morgan fingerprint density at radius 1 is 0.912 bits per heavy atom. The van der Waals surface area contributed by atoms with Gasteiger partial charge in [0, 0.05) is 37.3 Å². The Balaban J connectivity index is 1.36. The van der Waals surface area contributed by atoms with Crippen LogP contribution in [0.1, 0.15) is 55.2 Å². The molecule has 176 valence electrons. The van der Waals surface area contributed by atoms with Crippen LogP contribution in [0.2, 0.25) is 0 Å². The lowest BCUT2D eigenvalue weighted by Crippen LogP contribution is -2.48. The molecule has 0 radical (unpaired) electrons. The van der Waals surface area contributed by atoms with Crippen LogP contribution in [0, 0.1) is 0 Å². The third-order valence-electron chi connectivity index (χ3n) is 6.10. The van der Waals surface area contributed by atoms with Gasteiger partial charge in [-0.25, -0.2) is 4.79 Å². The van der Waals surface area contributed by atoms with Gasteiger partial charge in [0.05, 0.1) is 0 Å². The Kier molecular flexibility index (Phi) is 6.49. The van der Waals surface area contributed by atoms with Crippen molar-refractivity contribution in [1.82, 2.24) is 15.5 Å². The van der Waals surface area contributed by atoms with E-state index >= 15 is 0 Å². The number of aromatic nitrogens is 2. The first kappa shape index (κ1) is 23.2. The zero-order valence-corrected chi connectivity index (χ0v) is 19.3. The summed E-state index contributed by atoms with van der Waals surface area (Å²) >= 11 is 0. The molecule has 0 atom stereocenters. The van der Waals surface area contributed by atoms with Crippen LogP contribution >= 0.6 is 0 Å². The van der Waals surface area contributed by atoms with Crippen molar-refractivity contribution in [3.63, 3.8) is 0 Å². The Labute approximate surface area is 197 Å². The van der Waals surface area contributed by atoms with Crippen molar-refractivity contribution in [2.24, 2.45) is 0 Å². The first-order valence-corrected chi connectivity index (χ1v) is 11.1. The third-order valence-corrected chi connectivity index (χ3v) is 6.10. The molecule has 0 spiro atoms. The summed E-state index contributed by atoms with van der Waals surface area (Å²) in [5.41, 5.74) is 2.31. The van der Waals surface area contributed by atoms with Crippen molar-refractivity contribution in [2.75, 3.05) is 0 Å². The molecule has 3 aromatic rings. The van der Waals surface area contributed by atoms with Gasteiger partial charge in [0.15, 0.2) is 5.78 Å². The molecule has 1 aromatic heterocycles. The van der Waals surface area contributed by atoms with Crippen LogP contribution in [0.3, 0.4) is 0 Å². The number of hydrogen-bond donors (Lipinski definition) is 2. The second-order valence-electron chi connectivity index (χ2n) is 8.95. The number of Topliss-reactive ketones (excluding diaryl/α,β-unsaturated/α-hetero) is 1. The fraction of sp³-hybridized carbons (Fsp3) is 0.308. The highest BCUT2D eigenvalue weighted by Crippen LogP contribution is 2.34. The van der Waals surface area contributed by atoms with E-state index in [1.54, 1.807) is 12.1 Å². The number of nitrogens with one attached hydrogen (secondary N) is 1. The molecule has 1 aliphatic carbocycles. The van der Waals surface area contributed by atoms with E-state index in [4.69, 9.17) is 14.6 Å². The van der Waals surface area contributed by atoms with E-state index in [1.807, 2.05) is 36.4 Å². The van der Waals surface area contributed by atoms with Gasteiger partial charge in [-0.15, -0.1) is 10.2 Å². The summed E-state index contributed by atoms with van der Waals surface area (Å²) in [4.78, 5) is 22.0. The minimum Gasteiger partial charge on any atom is -0.490 e. The number of rotatable bonds is 8. The standard InChI is InChI=1S/C26H27N3O5/c1-16(30)23-12-13-24(29-28-23)34-21-10-6-18(7-11-21)26(2,3)17-4-8-20(9-5-17)33-22-14-19(15-22)27-25(31)32/h4-13,19,22,27H,14-15H2,1-3H3,(H,31,32). The van der Waals surface area contributed by atoms with Gasteiger partial charge in [0.25, 0.3) is 0 Å². The zero-order valence-electron chi connectivity index (χ0n) is 19.3. The zero-order chi connectivity index (χ0) is 24.3. The van der Waals surface area contributed by atoms with Crippen molar-refractivity contribution in [2.45, 2.75) is 51.2 Å². The first-order chi connectivity index (χ1) is 16.2. The SMILES string of the molecule is CC(=O)c1ccc(Oc2ccc(C(C)(C)c3ccc(OC4CC(NC(=O)O)C4)cc3)cc2)nn1. The predicted octanol–water partition coefficient (Wildman–Crippen LogP) is 4.97. The molecule has 0 bridgehead atoms. The van der Waals surface area contributed by atoms with E-state index in [0.29, 0.717) is 30.2 Å². The average molecular weight is 462 g/mol. The van der Waals surface area contributed by atoms with E-state index in [2.05, 4.69) is 41.5 Å². The topological polar surface area (TPSA) is 111 Å². The van der Waals surface area contributed by atoms with Crippen LogP contribution in [0.5, 0.6) is 17.4 Å². The number of carboxylic acid groups (broad SMARTS) is 1. The average Bonchev–Trinajstić information content (AvgIpc) is 2.78. The summed E-state index contributed by atoms with van der Waals surface area (Å²) in [5, 5.41) is 19.0. The number of nitrogens with zero attached hydrogens (tertiary/aromatic N) is 2. The Morgan fingerprint density at radius 2 is 1.50 bits per heavy atom. The fourth-order valence-electron chi connectivity index (χ4n) is 3.89. The highest BCUT2D eigenvalue weighted by Gasteiger charge is 2.32. The first-order valence-electron chi connectivity index (χ1n) is 11.1. The molecule has 1 saturated carbocycles. The van der Waals surface area contributed by atoms with Crippen molar-refractivity contribution in [3.05, 3.63) is 77.5 Å². The molecule has 2 N–H and O–H groups in total. The molecule has 1 amide bonds. The molecule has 1 fully saturated rings. The highest BCUT2D eigenvalue weighted by molar-refractivity contribution is 5.91. The van der Waals surface area contributed by atoms with Gasteiger partial charge in [-0.2, -0.15) is 0 Å². The van der Waals surface area contributed by atoms with Crippen molar-refractivity contribution >= 4 is 11.9 Å². The summed E-state index contributed by atoms with van der Waals surface area (Å²) in [7, 11) is 0. The van der Waals surface area contributed by atoms with Crippen LogP contribution in [-0.4, -0.2) is 39.3 Å². The molecule has 8 nitrogen and oxygen atoms in total. The molecule has 34 heavy (non-hydrogen) atoms. The number of ether oxygens (including phenoxy) is 2. The maximum atomic E-state index is 11.3. The number of benzene rings is 2. The quantitative estimate of drug-likeness (QED) is 0.455. The van der Waals surface area contributed by atoms with E-state index in [1.165, 1.54) is 6.92 Å². The molecule has 0 unspecified atom stereocenters. The maximum absolute atomic E-state index is 11.3. The summed E-state index contributed by atoms with van der Waals surface area (Å²) in [6.07, 6.45) is 0.402.